The zero-order chi connectivity index (χ0) is 15.6. The summed E-state index contributed by atoms with van der Waals surface area (Å²) in [5.74, 6) is -0.361. The van der Waals surface area contributed by atoms with E-state index in [0.29, 0.717) is 17.5 Å². The van der Waals surface area contributed by atoms with Crippen LogP contribution < -0.4 is 0 Å². The Morgan fingerprint density at radius 1 is 0.857 bits per heavy atom. The third kappa shape index (κ3) is 3.43. The first-order chi connectivity index (χ1) is 9.91. The zero-order valence-electron chi connectivity index (χ0n) is 10.7. The van der Waals surface area contributed by atoms with Gasteiger partial charge in [-0.1, -0.05) is 59.1 Å². The third-order valence-electron chi connectivity index (χ3n) is 3.09. The fourth-order valence-corrected chi connectivity index (χ4v) is 2.32. The summed E-state index contributed by atoms with van der Waals surface area (Å²) < 4.78 is -0.750. The molecule has 0 atom stereocenters. The summed E-state index contributed by atoms with van der Waals surface area (Å²) in [5, 5.41) is 19.5. The van der Waals surface area contributed by atoms with Crippen molar-refractivity contribution in [1.82, 2.24) is 0 Å². The van der Waals surface area contributed by atoms with Gasteiger partial charge in [-0.25, -0.2) is 0 Å². The van der Waals surface area contributed by atoms with Gasteiger partial charge in [-0.05, 0) is 29.7 Å². The number of phenolic OH excluding ortho intramolecular Hbond substituents is 2. The van der Waals surface area contributed by atoms with Crippen LogP contribution in [0, 0.1) is 0 Å². The van der Waals surface area contributed by atoms with Gasteiger partial charge in [0.1, 0.15) is 11.5 Å². The van der Waals surface area contributed by atoms with Crippen molar-refractivity contribution in [2.75, 3.05) is 0 Å². The molecule has 2 N–H and O–H groups in total. The number of carbonyl (C=O) groups is 1. The number of halogens is 3. The first kappa shape index (κ1) is 16.0. The van der Waals surface area contributed by atoms with Crippen molar-refractivity contribution in [2.45, 2.75) is 10.7 Å². The number of fused-ring (bicyclic) bond motifs is 2. The van der Waals surface area contributed by atoms with E-state index < -0.39 is 4.30 Å². The van der Waals surface area contributed by atoms with Gasteiger partial charge < -0.3 is 10.2 Å². The van der Waals surface area contributed by atoms with Crippen molar-refractivity contribution >= 4 is 40.6 Å². The van der Waals surface area contributed by atoms with E-state index >= 15 is 0 Å². The molecule has 3 rings (SSSR count). The minimum atomic E-state index is -0.750. The summed E-state index contributed by atoms with van der Waals surface area (Å²) in [5.41, 5.74) is 2.21. The number of ketones is 1. The highest BCUT2D eigenvalue weighted by Crippen LogP contribution is 2.35. The maximum absolute atomic E-state index is 12.2. The van der Waals surface area contributed by atoms with Crippen LogP contribution in [0.3, 0.4) is 0 Å². The van der Waals surface area contributed by atoms with E-state index in [1.807, 2.05) is 12.1 Å². The highest BCUT2D eigenvalue weighted by molar-refractivity contribution is 6.63. The number of hydrogen-bond acceptors (Lipinski definition) is 3. The van der Waals surface area contributed by atoms with E-state index in [-0.39, 0.29) is 17.3 Å². The van der Waals surface area contributed by atoms with Gasteiger partial charge in [0, 0.05) is 0 Å². The number of hydrogen-bond donors (Lipinski definition) is 2. The maximum Gasteiger partial charge on any atom is 0.201 e. The van der Waals surface area contributed by atoms with Gasteiger partial charge in [0.15, 0.2) is 4.30 Å². The van der Waals surface area contributed by atoms with Crippen LogP contribution in [-0.4, -0.2) is 20.3 Å². The van der Waals surface area contributed by atoms with Gasteiger partial charge >= 0.3 is 0 Å². The predicted molar refractivity (Wildman–Crippen MR) is 83.8 cm³/mol. The first-order valence-corrected chi connectivity index (χ1v) is 7.31. The number of aromatic hydroxyl groups is 2. The normalized spacial score (nSPS) is 12.3. The number of phenols is 2. The molecule has 0 saturated heterocycles. The van der Waals surface area contributed by atoms with Crippen LogP contribution in [0.4, 0.5) is 0 Å². The number of benzene rings is 2. The monoisotopic (exact) mass is 344 g/mol. The third-order valence-corrected chi connectivity index (χ3v) is 3.09. The summed E-state index contributed by atoms with van der Waals surface area (Å²) in [6.07, 6.45) is 0.555. The lowest BCUT2D eigenvalue weighted by Gasteiger charge is -2.19. The Morgan fingerprint density at radius 3 is 1.62 bits per heavy atom. The van der Waals surface area contributed by atoms with Gasteiger partial charge in [0.2, 0.25) is 5.78 Å². The molecule has 2 aromatic carbocycles. The zero-order valence-corrected chi connectivity index (χ0v) is 13.0. The van der Waals surface area contributed by atoms with Gasteiger partial charge in [-0.3, -0.25) is 4.79 Å². The molecule has 6 heteroatoms. The van der Waals surface area contributed by atoms with Crippen LogP contribution in [0.5, 0.6) is 11.5 Å². The number of rotatable bonds is 0. The first-order valence-electron chi connectivity index (χ1n) is 6.00. The van der Waals surface area contributed by atoms with Gasteiger partial charge in [-0.2, -0.15) is 0 Å². The van der Waals surface area contributed by atoms with Crippen molar-refractivity contribution < 1.29 is 15.0 Å². The van der Waals surface area contributed by atoms with Crippen molar-refractivity contribution in [3.63, 3.8) is 0 Å². The second-order valence-corrected chi connectivity index (χ2v) is 6.36. The molecule has 0 fully saturated rings. The lowest BCUT2D eigenvalue weighted by molar-refractivity contribution is 0.103. The van der Waals surface area contributed by atoms with E-state index in [2.05, 4.69) is 0 Å². The molecule has 0 radical (unpaired) electrons. The van der Waals surface area contributed by atoms with Crippen molar-refractivity contribution in [1.29, 1.82) is 0 Å². The fraction of sp³-hybridized carbons (Fsp3) is 0.133. The summed E-state index contributed by atoms with van der Waals surface area (Å²) in [4.78, 5) is 12.2. The second kappa shape index (κ2) is 6.56. The van der Waals surface area contributed by atoms with E-state index in [4.69, 9.17) is 34.8 Å². The Balaban J connectivity index is 0.000000361. The molecule has 110 valence electrons. The smallest absolute Gasteiger partial charge is 0.201 e. The van der Waals surface area contributed by atoms with Gasteiger partial charge in [0.25, 0.3) is 0 Å². The highest BCUT2D eigenvalue weighted by atomic mass is 35.6. The van der Waals surface area contributed by atoms with Crippen molar-refractivity contribution in [3.8, 4) is 11.5 Å². The Hall–Kier alpha value is -1.42. The molecule has 0 spiro atoms. The molecule has 0 amide bonds. The molecule has 21 heavy (non-hydrogen) atoms. The molecular weight excluding hydrogens is 335 g/mol. The number of alkyl halides is 3. The van der Waals surface area contributed by atoms with Gasteiger partial charge in [-0.15, -0.1) is 0 Å². The van der Waals surface area contributed by atoms with E-state index in [9.17, 15) is 15.0 Å². The topological polar surface area (TPSA) is 57.5 Å². The summed E-state index contributed by atoms with van der Waals surface area (Å²) in [6, 6.07) is 10.0. The lowest BCUT2D eigenvalue weighted by Crippen LogP contribution is -2.15. The molecule has 0 heterocycles. The Bertz CT molecular complexity index is 628. The van der Waals surface area contributed by atoms with E-state index in [1.54, 1.807) is 12.1 Å². The molecule has 0 aliphatic heterocycles. The standard InChI is InChI=1S/C14H10O3.CHCl3/c15-10-5-1-3-8-7-9-4-2-6-11(16)13(9)14(17)12(8)10;2-1(3)4/h1-6,15-16H,7H2;1H. The highest BCUT2D eigenvalue weighted by Gasteiger charge is 2.27. The molecule has 0 unspecified atom stereocenters. The lowest BCUT2D eigenvalue weighted by atomic mass is 9.84. The number of carbonyl (C=O) groups excluding carboxylic acids is 1. The Labute approximate surface area is 136 Å². The molecular formula is C15H11Cl3O3. The molecule has 1 aliphatic carbocycles. The van der Waals surface area contributed by atoms with Crippen LogP contribution >= 0.6 is 34.8 Å². The van der Waals surface area contributed by atoms with Crippen LogP contribution in [-0.2, 0) is 6.42 Å². The Morgan fingerprint density at radius 2 is 1.24 bits per heavy atom. The molecule has 3 nitrogen and oxygen atoms in total. The average Bonchev–Trinajstić information content (AvgIpc) is 2.37. The maximum atomic E-state index is 12.2. The molecule has 0 aromatic heterocycles. The fourth-order valence-electron chi connectivity index (χ4n) is 2.32. The summed E-state index contributed by atoms with van der Waals surface area (Å²) >= 11 is 14.4. The minimum Gasteiger partial charge on any atom is -0.507 e. The van der Waals surface area contributed by atoms with Gasteiger partial charge in [0.05, 0.1) is 11.1 Å². The van der Waals surface area contributed by atoms with Crippen LogP contribution in [0.1, 0.15) is 27.0 Å². The summed E-state index contributed by atoms with van der Waals surface area (Å²) in [7, 11) is 0. The van der Waals surface area contributed by atoms with Crippen LogP contribution in [0.25, 0.3) is 0 Å². The molecule has 0 bridgehead atoms. The molecule has 0 saturated carbocycles. The molecule has 2 aromatic rings. The predicted octanol–water partition coefficient (Wildman–Crippen LogP) is 4.22. The minimum absolute atomic E-state index is 0.0265. The summed E-state index contributed by atoms with van der Waals surface area (Å²) in [6.45, 7) is 0. The average molecular weight is 346 g/mol. The van der Waals surface area contributed by atoms with Crippen LogP contribution in [0.2, 0.25) is 0 Å². The SMILES string of the molecule is ClC(Cl)Cl.O=C1c2c(O)cccc2Cc2cccc(O)c21. The second-order valence-electron chi connectivity index (χ2n) is 4.38. The van der Waals surface area contributed by atoms with Crippen molar-refractivity contribution in [3.05, 3.63) is 58.7 Å². The van der Waals surface area contributed by atoms with E-state index in [1.165, 1.54) is 12.1 Å². The largest absolute Gasteiger partial charge is 0.507 e. The van der Waals surface area contributed by atoms with Crippen LogP contribution in [0.15, 0.2) is 36.4 Å². The van der Waals surface area contributed by atoms with Crippen molar-refractivity contribution in [2.24, 2.45) is 0 Å². The quantitative estimate of drug-likeness (QED) is 0.600. The molecule has 1 aliphatic rings. The van der Waals surface area contributed by atoms with E-state index in [0.717, 1.165) is 11.1 Å². The Kier molecular flexibility index (Phi) is 4.99.